The number of aromatic nitrogens is 2. The number of nitrogens with zero attached hydrogens (tertiary/aromatic N) is 2. The quantitative estimate of drug-likeness (QED) is 0.936. The third-order valence-corrected chi connectivity index (χ3v) is 3.03. The number of carbonyl (C=O) groups excluding carboxylic acids is 1. The second-order valence-electron chi connectivity index (χ2n) is 6.51. The minimum Gasteiger partial charge on any atom is -0.444 e. The number of rotatable bonds is 4. The third-order valence-electron chi connectivity index (χ3n) is 3.03. The first-order valence-electron chi connectivity index (χ1n) is 7.51. The molecule has 5 nitrogen and oxygen atoms in total. The zero-order chi connectivity index (χ0) is 17.0. The van der Waals surface area contributed by atoms with E-state index in [2.05, 4.69) is 10.4 Å². The number of hydrogen-bond acceptors (Lipinski definition) is 3. The lowest BCUT2D eigenvalue weighted by Crippen LogP contribution is -2.39. The molecule has 23 heavy (non-hydrogen) atoms. The summed E-state index contributed by atoms with van der Waals surface area (Å²) in [6, 6.07) is 6.11. The fourth-order valence-electron chi connectivity index (χ4n) is 2.09. The van der Waals surface area contributed by atoms with Crippen LogP contribution in [-0.2, 0) is 11.3 Å². The van der Waals surface area contributed by atoms with E-state index >= 15 is 0 Å². The van der Waals surface area contributed by atoms with Crippen molar-refractivity contribution in [3.8, 4) is 11.1 Å². The summed E-state index contributed by atoms with van der Waals surface area (Å²) in [6.45, 7) is 7.85. The topological polar surface area (TPSA) is 56.2 Å². The lowest BCUT2D eigenvalue weighted by Gasteiger charge is -2.21. The van der Waals surface area contributed by atoms with Crippen LogP contribution >= 0.6 is 0 Å². The number of carbonyl (C=O) groups is 1. The Kier molecular flexibility index (Phi) is 5.03. The molecule has 0 unspecified atom stereocenters. The summed E-state index contributed by atoms with van der Waals surface area (Å²) in [5.41, 5.74) is 1.27. The Morgan fingerprint density at radius 3 is 2.57 bits per heavy atom. The maximum absolute atomic E-state index is 12.9. The van der Waals surface area contributed by atoms with Crippen molar-refractivity contribution < 1.29 is 13.9 Å². The van der Waals surface area contributed by atoms with Crippen molar-refractivity contribution in [1.29, 1.82) is 0 Å². The van der Waals surface area contributed by atoms with E-state index in [1.807, 2.05) is 33.9 Å². The summed E-state index contributed by atoms with van der Waals surface area (Å²) in [7, 11) is 0. The maximum Gasteiger partial charge on any atom is 0.407 e. The highest BCUT2D eigenvalue weighted by Crippen LogP contribution is 2.18. The van der Waals surface area contributed by atoms with Gasteiger partial charge in [-0.05, 0) is 45.4 Å². The molecule has 2 aromatic rings. The first kappa shape index (κ1) is 17.0. The number of benzene rings is 1. The predicted octanol–water partition coefficient (Wildman–Crippen LogP) is 3.60. The molecule has 1 amide bonds. The first-order valence-corrected chi connectivity index (χ1v) is 7.51. The van der Waals surface area contributed by atoms with E-state index in [0.717, 1.165) is 11.1 Å². The van der Waals surface area contributed by atoms with Gasteiger partial charge in [0.15, 0.2) is 0 Å². The minimum atomic E-state index is -0.523. The second kappa shape index (κ2) is 6.81. The molecule has 0 saturated heterocycles. The zero-order valence-electron chi connectivity index (χ0n) is 13.8. The largest absolute Gasteiger partial charge is 0.444 e. The van der Waals surface area contributed by atoms with Crippen molar-refractivity contribution in [2.24, 2.45) is 0 Å². The van der Waals surface area contributed by atoms with Crippen molar-refractivity contribution in [2.45, 2.75) is 45.9 Å². The Balaban J connectivity index is 1.93. The normalized spacial score (nSPS) is 12.7. The van der Waals surface area contributed by atoms with E-state index in [-0.39, 0.29) is 11.9 Å². The van der Waals surface area contributed by atoms with E-state index in [1.54, 1.807) is 23.0 Å². The highest BCUT2D eigenvalue weighted by atomic mass is 19.1. The molecule has 6 heteroatoms. The summed E-state index contributed by atoms with van der Waals surface area (Å²) in [4.78, 5) is 11.7. The molecule has 1 N–H and O–H groups in total. The lowest BCUT2D eigenvalue weighted by atomic mass is 10.1. The van der Waals surface area contributed by atoms with Crippen LogP contribution in [0.3, 0.4) is 0 Å². The number of ether oxygens (including phenoxy) is 1. The van der Waals surface area contributed by atoms with Gasteiger partial charge in [-0.15, -0.1) is 0 Å². The molecule has 124 valence electrons. The standard InChI is InChI=1S/C17H22FN3O2/c1-12(20-16(22)23-17(2,3)4)10-21-11-14(9-19-21)13-5-7-15(18)8-6-13/h5-9,11-12H,10H2,1-4H3,(H,20,22)/t12-/m0/s1. The van der Waals surface area contributed by atoms with Gasteiger partial charge in [-0.3, -0.25) is 4.68 Å². The summed E-state index contributed by atoms with van der Waals surface area (Å²) in [5.74, 6) is -0.267. The monoisotopic (exact) mass is 319 g/mol. The van der Waals surface area contributed by atoms with E-state index in [9.17, 15) is 9.18 Å². The number of nitrogens with one attached hydrogen (secondary N) is 1. The Hall–Kier alpha value is -2.37. The number of halogens is 1. The molecule has 0 aliphatic heterocycles. The van der Waals surface area contributed by atoms with Gasteiger partial charge in [-0.1, -0.05) is 12.1 Å². The van der Waals surface area contributed by atoms with Crippen LogP contribution < -0.4 is 5.32 Å². The molecule has 0 bridgehead atoms. The minimum absolute atomic E-state index is 0.134. The van der Waals surface area contributed by atoms with Crippen molar-refractivity contribution in [2.75, 3.05) is 0 Å². The molecule has 0 radical (unpaired) electrons. The summed E-state index contributed by atoms with van der Waals surface area (Å²) >= 11 is 0. The number of amides is 1. The van der Waals surface area contributed by atoms with Crippen LogP contribution in [0.1, 0.15) is 27.7 Å². The lowest BCUT2D eigenvalue weighted by molar-refractivity contribution is 0.0503. The summed E-state index contributed by atoms with van der Waals surface area (Å²) < 4.78 is 19.9. The van der Waals surface area contributed by atoms with Crippen LogP contribution in [0, 0.1) is 5.82 Å². The molecule has 0 fully saturated rings. The molecule has 1 aromatic carbocycles. The van der Waals surface area contributed by atoms with Gasteiger partial charge in [0, 0.05) is 17.8 Å². The van der Waals surface area contributed by atoms with Gasteiger partial charge in [0.1, 0.15) is 11.4 Å². The highest BCUT2D eigenvalue weighted by molar-refractivity contribution is 5.68. The molecule has 0 saturated carbocycles. The third kappa shape index (κ3) is 5.39. The maximum atomic E-state index is 12.9. The molecule has 1 aromatic heterocycles. The second-order valence-corrected chi connectivity index (χ2v) is 6.51. The summed E-state index contributed by atoms with van der Waals surface area (Å²) in [6.07, 6.45) is 3.13. The fourth-order valence-corrected chi connectivity index (χ4v) is 2.09. The Labute approximate surface area is 135 Å². The molecule has 2 rings (SSSR count). The molecule has 1 atom stereocenters. The SMILES string of the molecule is C[C@@H](Cn1cc(-c2ccc(F)cc2)cn1)NC(=O)OC(C)(C)C. The first-order chi connectivity index (χ1) is 10.7. The van der Waals surface area contributed by atoms with Gasteiger partial charge in [0.2, 0.25) is 0 Å². The van der Waals surface area contributed by atoms with Gasteiger partial charge < -0.3 is 10.1 Å². The van der Waals surface area contributed by atoms with E-state index in [4.69, 9.17) is 4.74 Å². The van der Waals surface area contributed by atoms with Gasteiger partial charge in [-0.2, -0.15) is 5.10 Å². The molecule has 1 heterocycles. The fraction of sp³-hybridized carbons (Fsp3) is 0.412. The highest BCUT2D eigenvalue weighted by Gasteiger charge is 2.18. The van der Waals surface area contributed by atoms with Gasteiger partial charge >= 0.3 is 6.09 Å². The van der Waals surface area contributed by atoms with Crippen molar-refractivity contribution >= 4 is 6.09 Å². The Morgan fingerprint density at radius 1 is 1.30 bits per heavy atom. The van der Waals surface area contributed by atoms with Crippen molar-refractivity contribution in [3.63, 3.8) is 0 Å². The molecule has 0 aliphatic rings. The van der Waals surface area contributed by atoms with Crippen LogP contribution in [0.4, 0.5) is 9.18 Å². The van der Waals surface area contributed by atoms with E-state index in [1.165, 1.54) is 12.1 Å². The Bertz CT molecular complexity index is 659. The van der Waals surface area contributed by atoms with Crippen molar-refractivity contribution in [1.82, 2.24) is 15.1 Å². The van der Waals surface area contributed by atoms with Gasteiger partial charge in [0.25, 0.3) is 0 Å². The Morgan fingerprint density at radius 2 is 1.96 bits per heavy atom. The van der Waals surface area contributed by atoms with Crippen LogP contribution in [-0.4, -0.2) is 27.5 Å². The van der Waals surface area contributed by atoms with Crippen molar-refractivity contribution in [3.05, 3.63) is 42.5 Å². The summed E-state index contributed by atoms with van der Waals surface area (Å²) in [5, 5.41) is 7.04. The molecule has 0 spiro atoms. The molecular formula is C17H22FN3O2. The zero-order valence-corrected chi connectivity index (χ0v) is 13.8. The van der Waals surface area contributed by atoms with E-state index in [0.29, 0.717) is 6.54 Å². The van der Waals surface area contributed by atoms with Crippen LogP contribution in [0.15, 0.2) is 36.7 Å². The van der Waals surface area contributed by atoms with Gasteiger partial charge in [-0.25, -0.2) is 9.18 Å². The average molecular weight is 319 g/mol. The predicted molar refractivity (Wildman–Crippen MR) is 86.5 cm³/mol. The van der Waals surface area contributed by atoms with E-state index < -0.39 is 11.7 Å². The van der Waals surface area contributed by atoms with Gasteiger partial charge in [0.05, 0.1) is 12.7 Å². The van der Waals surface area contributed by atoms with Crippen LogP contribution in [0.2, 0.25) is 0 Å². The smallest absolute Gasteiger partial charge is 0.407 e. The number of alkyl carbamates (subject to hydrolysis) is 1. The number of hydrogen-bond donors (Lipinski definition) is 1. The average Bonchev–Trinajstić information content (AvgIpc) is 2.85. The van der Waals surface area contributed by atoms with Crippen LogP contribution in [0.5, 0.6) is 0 Å². The molecular weight excluding hydrogens is 297 g/mol. The van der Waals surface area contributed by atoms with Crippen LogP contribution in [0.25, 0.3) is 11.1 Å². The molecule has 0 aliphatic carbocycles.